The fraction of sp³-hybridized carbons (Fsp3) is 0.302. The molecule has 0 atom stereocenters. The summed E-state index contributed by atoms with van der Waals surface area (Å²) in [5.74, 6) is 0. The molecule has 3 nitrogen and oxygen atoms in total. The molecular weight excluding hydrogens is 558 g/mol. The molecule has 1 saturated carbocycles. The summed E-state index contributed by atoms with van der Waals surface area (Å²) in [6, 6.07) is 41.4. The highest BCUT2D eigenvalue weighted by Crippen LogP contribution is 2.38. The summed E-state index contributed by atoms with van der Waals surface area (Å²) in [5, 5.41) is 0. The zero-order valence-corrected chi connectivity index (χ0v) is 26.9. The first-order valence-corrected chi connectivity index (χ1v) is 17.5. The lowest BCUT2D eigenvalue weighted by atomic mass is 9.88. The van der Waals surface area contributed by atoms with E-state index in [1.165, 1.54) is 98.1 Å². The molecule has 3 aliphatic rings. The summed E-state index contributed by atoms with van der Waals surface area (Å²) in [4.78, 5) is 2.64. The monoisotopic (exact) mass is 603 g/mol. The van der Waals surface area contributed by atoms with Gasteiger partial charge in [0.15, 0.2) is 30.2 Å². The Balaban J connectivity index is 1.10. The van der Waals surface area contributed by atoms with Crippen molar-refractivity contribution < 1.29 is 9.13 Å². The maximum atomic E-state index is 2.64. The van der Waals surface area contributed by atoms with Crippen LogP contribution in [0, 0.1) is 0 Å². The molecule has 3 heteroatoms. The van der Waals surface area contributed by atoms with Gasteiger partial charge in [-0.1, -0.05) is 66.7 Å². The molecule has 1 aliphatic carbocycles. The van der Waals surface area contributed by atoms with Gasteiger partial charge in [0.05, 0.1) is 12.0 Å². The molecule has 0 saturated heterocycles. The Bertz CT molecular complexity index is 1800. The van der Waals surface area contributed by atoms with E-state index in [9.17, 15) is 0 Å². The third kappa shape index (κ3) is 5.91. The summed E-state index contributed by atoms with van der Waals surface area (Å²) in [5.41, 5.74) is 12.7. The number of rotatable bonds is 7. The van der Waals surface area contributed by atoms with Gasteiger partial charge in [0, 0.05) is 68.7 Å². The molecule has 8 rings (SSSR count). The molecule has 0 bridgehead atoms. The number of hydrogen-bond acceptors (Lipinski definition) is 1. The van der Waals surface area contributed by atoms with E-state index in [1.54, 1.807) is 16.8 Å². The van der Waals surface area contributed by atoms with Crippen LogP contribution in [0.3, 0.4) is 0 Å². The number of hydrogen-bond donors (Lipinski definition) is 0. The molecule has 230 valence electrons. The van der Waals surface area contributed by atoms with Gasteiger partial charge >= 0.3 is 0 Å². The van der Waals surface area contributed by atoms with Crippen LogP contribution in [0.25, 0.3) is 11.6 Å². The van der Waals surface area contributed by atoms with E-state index in [1.807, 2.05) is 0 Å². The van der Waals surface area contributed by atoms with Crippen molar-refractivity contribution in [2.24, 2.45) is 0 Å². The lowest BCUT2D eigenvalue weighted by Gasteiger charge is -2.37. The van der Waals surface area contributed by atoms with E-state index in [4.69, 9.17) is 0 Å². The zero-order valence-electron chi connectivity index (χ0n) is 26.9. The fourth-order valence-electron chi connectivity index (χ4n) is 8.42. The van der Waals surface area contributed by atoms with Crippen LogP contribution in [-0.4, -0.2) is 13.1 Å². The summed E-state index contributed by atoms with van der Waals surface area (Å²) in [7, 11) is 0. The molecule has 3 aromatic carbocycles. The molecule has 2 aromatic heterocycles. The smallest absolute Gasteiger partial charge is 0.213 e. The maximum absolute atomic E-state index is 2.64. The summed E-state index contributed by atoms with van der Waals surface area (Å²) in [6.07, 6.45) is 17.8. The second kappa shape index (κ2) is 13.1. The largest absolute Gasteiger partial charge is 0.371 e. The maximum Gasteiger partial charge on any atom is 0.213 e. The summed E-state index contributed by atoms with van der Waals surface area (Å²) in [6.45, 7) is 2.43. The van der Waals surface area contributed by atoms with Crippen LogP contribution < -0.4 is 14.0 Å². The third-order valence-corrected chi connectivity index (χ3v) is 10.6. The van der Waals surface area contributed by atoms with Gasteiger partial charge in [0.25, 0.3) is 0 Å². The van der Waals surface area contributed by atoms with Crippen molar-refractivity contribution in [2.75, 3.05) is 18.0 Å². The number of pyridine rings is 2. The van der Waals surface area contributed by atoms with Crippen molar-refractivity contribution in [3.63, 3.8) is 0 Å². The van der Waals surface area contributed by atoms with E-state index in [0.29, 0.717) is 12.1 Å². The van der Waals surface area contributed by atoms with Crippen LogP contribution in [-0.2, 0) is 19.3 Å². The molecule has 0 N–H and O–H groups in total. The van der Waals surface area contributed by atoms with Gasteiger partial charge in [-0.2, -0.15) is 9.13 Å². The summed E-state index contributed by atoms with van der Waals surface area (Å²) >= 11 is 0. The minimum Gasteiger partial charge on any atom is -0.371 e. The second-order valence-electron chi connectivity index (χ2n) is 13.5. The van der Waals surface area contributed by atoms with E-state index in [0.717, 1.165) is 6.42 Å². The van der Waals surface area contributed by atoms with Gasteiger partial charge in [0.1, 0.15) is 0 Å². The standard InChI is InChI=1S/C43H45N3/c1-3-13-33(14-4-1)31-40-19-7-9-27-45(40)38-21-23-39(24-22-38)46-28-10-8-20-42(46)41(35-15-5-2-6-16-35)32-34-29-36-17-11-25-44-26-12-18-37(30-34)43(36)44/h1-10,13-16,19-20,27-30,32,38-39H,11-12,17-18,21-26,31H2/q+2. The number of anilines is 1. The minimum absolute atomic E-state index is 0.486. The Hall–Kier alpha value is -4.50. The molecule has 1 fully saturated rings. The fourth-order valence-corrected chi connectivity index (χ4v) is 8.42. The molecular formula is C43H45N3+2. The van der Waals surface area contributed by atoms with Crippen LogP contribution in [0.5, 0.6) is 0 Å². The minimum atomic E-state index is 0.486. The first-order valence-electron chi connectivity index (χ1n) is 17.5. The Labute approximate surface area is 274 Å². The predicted molar refractivity (Wildman–Crippen MR) is 188 cm³/mol. The van der Waals surface area contributed by atoms with Gasteiger partial charge in [-0.15, -0.1) is 0 Å². The third-order valence-electron chi connectivity index (χ3n) is 10.6. The molecule has 5 aromatic rings. The predicted octanol–water partition coefficient (Wildman–Crippen LogP) is 8.50. The van der Waals surface area contributed by atoms with Crippen molar-refractivity contribution in [2.45, 2.75) is 69.9 Å². The highest BCUT2D eigenvalue weighted by Gasteiger charge is 2.35. The van der Waals surface area contributed by atoms with Crippen LogP contribution in [0.1, 0.15) is 89.8 Å². The Kier molecular flexibility index (Phi) is 8.23. The normalized spacial score (nSPS) is 19.5. The lowest BCUT2D eigenvalue weighted by Crippen LogP contribution is -2.49. The van der Waals surface area contributed by atoms with Gasteiger partial charge < -0.3 is 4.90 Å². The lowest BCUT2D eigenvalue weighted by molar-refractivity contribution is -0.753. The van der Waals surface area contributed by atoms with Gasteiger partial charge in [-0.25, -0.2) is 0 Å². The summed E-state index contributed by atoms with van der Waals surface area (Å²) < 4.78 is 5.17. The van der Waals surface area contributed by atoms with Gasteiger partial charge in [-0.3, -0.25) is 0 Å². The van der Waals surface area contributed by atoms with E-state index < -0.39 is 0 Å². The van der Waals surface area contributed by atoms with Crippen molar-refractivity contribution in [3.05, 3.63) is 161 Å². The average molecular weight is 604 g/mol. The molecule has 2 aliphatic heterocycles. The first-order chi connectivity index (χ1) is 22.8. The van der Waals surface area contributed by atoms with Crippen LogP contribution in [0.2, 0.25) is 0 Å². The SMILES string of the molecule is C(=C(/c1ccccc1)c1cccc[n+]1C1CCC([n+]2ccccc2Cc2ccccc2)CC1)/c1cc2c3c(c1)CCCN3CCC2. The topological polar surface area (TPSA) is 11.0 Å². The Morgan fingerprint density at radius 2 is 1.24 bits per heavy atom. The Morgan fingerprint density at radius 1 is 0.652 bits per heavy atom. The quantitative estimate of drug-likeness (QED) is 0.134. The van der Waals surface area contributed by atoms with Crippen LogP contribution in [0.15, 0.2) is 122 Å². The molecule has 0 amide bonds. The van der Waals surface area contributed by atoms with E-state index in [-0.39, 0.29) is 0 Å². The van der Waals surface area contributed by atoms with Gasteiger partial charge in [-0.05, 0) is 77.8 Å². The highest BCUT2D eigenvalue weighted by molar-refractivity contribution is 5.90. The molecule has 46 heavy (non-hydrogen) atoms. The highest BCUT2D eigenvalue weighted by atomic mass is 15.1. The van der Waals surface area contributed by atoms with Gasteiger partial charge in [0.2, 0.25) is 5.69 Å². The Morgan fingerprint density at radius 3 is 1.93 bits per heavy atom. The number of aryl methyl sites for hydroxylation is 2. The number of aromatic nitrogens is 2. The number of benzene rings is 3. The van der Waals surface area contributed by atoms with E-state index in [2.05, 4.69) is 142 Å². The van der Waals surface area contributed by atoms with Crippen molar-refractivity contribution in [1.82, 2.24) is 0 Å². The van der Waals surface area contributed by atoms with Crippen molar-refractivity contribution in [1.29, 1.82) is 0 Å². The molecule has 4 heterocycles. The van der Waals surface area contributed by atoms with Crippen LogP contribution in [0.4, 0.5) is 5.69 Å². The first kappa shape index (κ1) is 28.9. The van der Waals surface area contributed by atoms with Crippen molar-refractivity contribution >= 4 is 17.3 Å². The second-order valence-corrected chi connectivity index (χ2v) is 13.5. The van der Waals surface area contributed by atoms with Crippen molar-refractivity contribution in [3.8, 4) is 0 Å². The van der Waals surface area contributed by atoms with Crippen LogP contribution >= 0.6 is 0 Å². The molecule has 0 spiro atoms. The molecule has 0 unspecified atom stereocenters. The number of nitrogens with zero attached hydrogens (tertiary/aromatic N) is 3. The zero-order chi connectivity index (χ0) is 30.7. The molecule has 0 radical (unpaired) electrons. The average Bonchev–Trinajstić information content (AvgIpc) is 3.12. The van der Waals surface area contributed by atoms with E-state index >= 15 is 0 Å².